The molecule has 30 heavy (non-hydrogen) atoms. The maximum atomic E-state index is 12.5. The number of nitrogens with one attached hydrogen (secondary N) is 2. The minimum absolute atomic E-state index is 0.0732. The predicted octanol–water partition coefficient (Wildman–Crippen LogP) is 5.65. The average molecular weight is 411 g/mol. The Bertz CT molecular complexity index is 888. The number of ether oxygens (including phenoxy) is 1. The summed E-state index contributed by atoms with van der Waals surface area (Å²) in [6.45, 7) is 13.1. The van der Waals surface area contributed by atoms with Gasteiger partial charge < -0.3 is 15.4 Å². The number of rotatable bonds is 10. The lowest BCUT2D eigenvalue weighted by molar-refractivity contribution is -0.118. The van der Waals surface area contributed by atoms with Gasteiger partial charge in [0.15, 0.2) is 6.61 Å². The number of hydrogen-bond acceptors (Lipinski definition) is 3. The summed E-state index contributed by atoms with van der Waals surface area (Å²) in [6, 6.07) is 13.3. The zero-order valence-corrected chi connectivity index (χ0v) is 19.0. The van der Waals surface area contributed by atoms with Crippen LogP contribution in [0.4, 0.5) is 11.4 Å². The van der Waals surface area contributed by atoms with Crippen LogP contribution in [0.25, 0.3) is 0 Å². The smallest absolute Gasteiger partial charge is 0.262 e. The first-order valence-electron chi connectivity index (χ1n) is 10.5. The Labute approximate surface area is 180 Å². The van der Waals surface area contributed by atoms with E-state index in [1.54, 1.807) is 24.3 Å². The van der Waals surface area contributed by atoms with Gasteiger partial charge in [0.05, 0.1) is 11.4 Å². The molecule has 2 aromatic rings. The van der Waals surface area contributed by atoms with Crippen LogP contribution in [-0.4, -0.2) is 18.9 Å². The topological polar surface area (TPSA) is 67.4 Å². The van der Waals surface area contributed by atoms with Crippen molar-refractivity contribution in [1.29, 1.82) is 0 Å². The third kappa shape index (κ3) is 5.62. The van der Waals surface area contributed by atoms with E-state index in [-0.39, 0.29) is 23.3 Å². The minimum Gasteiger partial charge on any atom is -0.483 e. The van der Waals surface area contributed by atoms with Crippen molar-refractivity contribution < 1.29 is 14.3 Å². The van der Waals surface area contributed by atoms with Crippen molar-refractivity contribution in [2.24, 2.45) is 0 Å². The molecular formula is C25H34N2O3. The summed E-state index contributed by atoms with van der Waals surface area (Å²) < 4.78 is 5.96. The highest BCUT2D eigenvalue weighted by Crippen LogP contribution is 2.38. The third-order valence-corrected chi connectivity index (χ3v) is 6.03. The molecule has 0 aliphatic rings. The van der Waals surface area contributed by atoms with Gasteiger partial charge in [-0.25, -0.2) is 0 Å². The zero-order valence-electron chi connectivity index (χ0n) is 19.0. The van der Waals surface area contributed by atoms with E-state index in [1.807, 2.05) is 6.07 Å². The molecule has 2 N–H and O–H groups in total. The predicted molar refractivity (Wildman–Crippen MR) is 123 cm³/mol. The lowest BCUT2D eigenvalue weighted by Crippen LogP contribution is -2.24. The molecule has 0 radical (unpaired) electrons. The van der Waals surface area contributed by atoms with Crippen molar-refractivity contribution in [2.75, 3.05) is 17.2 Å². The van der Waals surface area contributed by atoms with Crippen molar-refractivity contribution in [1.82, 2.24) is 0 Å². The summed E-state index contributed by atoms with van der Waals surface area (Å²) in [5.41, 5.74) is 3.45. The Morgan fingerprint density at radius 3 is 2.20 bits per heavy atom. The van der Waals surface area contributed by atoms with E-state index < -0.39 is 0 Å². The number of anilines is 2. The molecule has 0 atom stereocenters. The summed E-state index contributed by atoms with van der Waals surface area (Å²) in [5, 5.41) is 5.38. The highest BCUT2D eigenvalue weighted by molar-refractivity contribution is 5.96. The summed E-state index contributed by atoms with van der Waals surface area (Å²) in [5.74, 6) is 0.445. The molecule has 162 valence electrons. The van der Waals surface area contributed by atoms with Gasteiger partial charge >= 0.3 is 0 Å². The normalized spacial score (nSPS) is 11.7. The lowest BCUT2D eigenvalue weighted by atomic mass is 9.76. The van der Waals surface area contributed by atoms with E-state index in [1.165, 1.54) is 5.56 Å². The molecule has 2 rings (SSSR count). The summed E-state index contributed by atoms with van der Waals surface area (Å²) in [4.78, 5) is 23.2. The Hall–Kier alpha value is -2.82. The van der Waals surface area contributed by atoms with Crippen molar-refractivity contribution in [2.45, 2.75) is 65.2 Å². The SMILES string of the molecule is CCC(C)(C)c1ccc(OCC(=O)Nc2ccccc2NC=O)c(C(C)(C)CC)c1. The van der Waals surface area contributed by atoms with E-state index in [0.717, 1.165) is 24.2 Å². The zero-order chi connectivity index (χ0) is 22.4. The van der Waals surface area contributed by atoms with Gasteiger partial charge in [-0.15, -0.1) is 0 Å². The molecule has 0 unspecified atom stereocenters. The number of para-hydroxylation sites is 2. The Morgan fingerprint density at radius 2 is 1.60 bits per heavy atom. The van der Waals surface area contributed by atoms with Crippen molar-refractivity contribution in [3.05, 3.63) is 53.6 Å². The fraction of sp³-hybridized carbons (Fsp3) is 0.440. The fourth-order valence-corrected chi connectivity index (χ4v) is 3.11. The molecule has 5 nitrogen and oxygen atoms in total. The first-order valence-corrected chi connectivity index (χ1v) is 10.5. The molecule has 0 spiro atoms. The number of carbonyl (C=O) groups excluding carboxylic acids is 2. The van der Waals surface area contributed by atoms with Gasteiger partial charge in [-0.3, -0.25) is 9.59 Å². The van der Waals surface area contributed by atoms with Crippen LogP contribution >= 0.6 is 0 Å². The Morgan fingerprint density at radius 1 is 0.967 bits per heavy atom. The van der Waals surface area contributed by atoms with E-state index in [9.17, 15) is 9.59 Å². The van der Waals surface area contributed by atoms with E-state index in [2.05, 4.69) is 64.3 Å². The Balaban J connectivity index is 2.21. The van der Waals surface area contributed by atoms with Crippen molar-refractivity contribution >= 4 is 23.7 Å². The monoisotopic (exact) mass is 410 g/mol. The fourth-order valence-electron chi connectivity index (χ4n) is 3.11. The van der Waals surface area contributed by atoms with Crippen LogP contribution in [0.5, 0.6) is 5.75 Å². The highest BCUT2D eigenvalue weighted by Gasteiger charge is 2.26. The summed E-state index contributed by atoms with van der Waals surface area (Å²) >= 11 is 0. The van der Waals surface area contributed by atoms with Crippen LogP contribution < -0.4 is 15.4 Å². The largest absolute Gasteiger partial charge is 0.483 e. The molecular weight excluding hydrogens is 376 g/mol. The Kier molecular flexibility index (Phi) is 7.65. The summed E-state index contributed by atoms with van der Waals surface area (Å²) in [7, 11) is 0. The van der Waals surface area contributed by atoms with E-state index in [4.69, 9.17) is 4.74 Å². The number of hydrogen-bond donors (Lipinski definition) is 2. The average Bonchev–Trinajstić information content (AvgIpc) is 2.73. The summed E-state index contributed by atoms with van der Waals surface area (Å²) in [6.07, 6.45) is 2.58. The van der Waals surface area contributed by atoms with Crippen molar-refractivity contribution in [3.63, 3.8) is 0 Å². The number of amides is 2. The highest BCUT2D eigenvalue weighted by atomic mass is 16.5. The minimum atomic E-state index is -0.284. The van der Waals surface area contributed by atoms with Gasteiger partial charge in [-0.1, -0.05) is 65.8 Å². The van der Waals surface area contributed by atoms with Crippen LogP contribution in [0.3, 0.4) is 0 Å². The molecule has 2 amide bonds. The maximum Gasteiger partial charge on any atom is 0.262 e. The lowest BCUT2D eigenvalue weighted by Gasteiger charge is -2.30. The molecule has 0 aliphatic heterocycles. The quantitative estimate of drug-likeness (QED) is 0.498. The molecule has 0 fully saturated rings. The van der Waals surface area contributed by atoms with Gasteiger partial charge in [0, 0.05) is 5.56 Å². The maximum absolute atomic E-state index is 12.5. The molecule has 0 heterocycles. The van der Waals surface area contributed by atoms with E-state index in [0.29, 0.717) is 17.8 Å². The van der Waals surface area contributed by atoms with Gasteiger partial charge in [0.1, 0.15) is 5.75 Å². The van der Waals surface area contributed by atoms with Crippen molar-refractivity contribution in [3.8, 4) is 5.75 Å². The second-order valence-electron chi connectivity index (χ2n) is 8.83. The molecule has 5 heteroatoms. The van der Waals surface area contributed by atoms with Crippen LogP contribution in [0, 0.1) is 0 Å². The molecule has 0 aromatic heterocycles. The number of benzene rings is 2. The first kappa shape index (κ1) is 23.5. The van der Waals surface area contributed by atoms with Crippen LogP contribution in [-0.2, 0) is 20.4 Å². The molecule has 0 saturated carbocycles. The van der Waals surface area contributed by atoms with Crippen LogP contribution in [0.15, 0.2) is 42.5 Å². The first-order chi connectivity index (χ1) is 14.1. The molecule has 0 bridgehead atoms. The number of carbonyl (C=O) groups is 2. The standard InChI is InChI=1S/C25H34N2O3/c1-7-24(3,4)18-13-14-22(19(15-18)25(5,6)8-2)30-16-23(29)27-21-12-10-9-11-20(21)26-17-28/h9-15,17H,7-8,16H2,1-6H3,(H,26,28)(H,27,29). The second-order valence-corrected chi connectivity index (χ2v) is 8.83. The van der Waals surface area contributed by atoms with E-state index >= 15 is 0 Å². The molecule has 0 saturated heterocycles. The van der Waals surface area contributed by atoms with Gasteiger partial charge in [-0.05, 0) is 47.4 Å². The van der Waals surface area contributed by atoms with Crippen LogP contribution in [0.2, 0.25) is 0 Å². The third-order valence-electron chi connectivity index (χ3n) is 6.03. The molecule has 0 aliphatic carbocycles. The van der Waals surface area contributed by atoms with Gasteiger partial charge in [0.25, 0.3) is 5.91 Å². The molecule has 2 aromatic carbocycles. The van der Waals surface area contributed by atoms with Gasteiger partial charge in [0.2, 0.25) is 6.41 Å². The van der Waals surface area contributed by atoms with Gasteiger partial charge in [-0.2, -0.15) is 0 Å². The second kappa shape index (κ2) is 9.79. The van der Waals surface area contributed by atoms with Crippen LogP contribution in [0.1, 0.15) is 65.5 Å².